The van der Waals surface area contributed by atoms with E-state index in [1.165, 1.54) is 38.5 Å². The molecular formula is C12H24CuO2S. The molecule has 0 aromatic carbocycles. The number of aliphatic carboxylic acids is 1. The molecule has 0 aliphatic carbocycles. The summed E-state index contributed by atoms with van der Waals surface area (Å²) in [6, 6.07) is 0. The van der Waals surface area contributed by atoms with E-state index in [4.69, 9.17) is 5.11 Å². The molecule has 2 nitrogen and oxygen atoms in total. The number of hydrogen-bond acceptors (Lipinski definition) is 2. The van der Waals surface area contributed by atoms with E-state index in [9.17, 15) is 4.79 Å². The van der Waals surface area contributed by atoms with Gasteiger partial charge in [-0.2, -0.15) is 12.6 Å². The van der Waals surface area contributed by atoms with Crippen LogP contribution in [0.2, 0.25) is 0 Å². The number of rotatable bonds is 10. The van der Waals surface area contributed by atoms with E-state index in [0.29, 0.717) is 6.42 Å². The summed E-state index contributed by atoms with van der Waals surface area (Å²) in [5.74, 6) is -0.790. The van der Waals surface area contributed by atoms with Crippen molar-refractivity contribution < 1.29 is 27.0 Å². The third-order valence-corrected chi connectivity index (χ3v) is 3.10. The summed E-state index contributed by atoms with van der Waals surface area (Å²) < 4.78 is 0. The fourth-order valence-electron chi connectivity index (χ4n) is 1.60. The number of hydrogen-bond donors (Lipinski definition) is 2. The van der Waals surface area contributed by atoms with Crippen LogP contribution in [0.15, 0.2) is 0 Å². The van der Waals surface area contributed by atoms with Crippen molar-refractivity contribution in [1.29, 1.82) is 0 Å². The Balaban J connectivity index is 0. The SMILES string of the molecule is CCCCCCCCCCC(S)C(=O)O.[Cu]. The summed E-state index contributed by atoms with van der Waals surface area (Å²) in [6.07, 6.45) is 10.7. The fraction of sp³-hybridized carbons (Fsp3) is 0.917. The predicted molar refractivity (Wildman–Crippen MR) is 67.6 cm³/mol. The molecule has 0 fully saturated rings. The molecule has 0 rings (SSSR count). The van der Waals surface area contributed by atoms with E-state index < -0.39 is 11.2 Å². The van der Waals surface area contributed by atoms with Crippen LogP contribution in [0, 0.1) is 0 Å². The predicted octanol–water partition coefficient (Wildman–Crippen LogP) is 3.90. The van der Waals surface area contributed by atoms with E-state index in [-0.39, 0.29) is 17.1 Å². The van der Waals surface area contributed by atoms with Crippen molar-refractivity contribution in [2.24, 2.45) is 0 Å². The Morgan fingerprint density at radius 1 is 1.06 bits per heavy atom. The molecule has 1 N–H and O–H groups in total. The second-order valence-electron chi connectivity index (χ2n) is 4.12. The van der Waals surface area contributed by atoms with Crippen molar-refractivity contribution in [2.75, 3.05) is 0 Å². The zero-order valence-electron chi connectivity index (χ0n) is 10.0. The molecule has 1 atom stereocenters. The Labute approximate surface area is 115 Å². The van der Waals surface area contributed by atoms with Crippen LogP contribution in [0.25, 0.3) is 0 Å². The zero-order chi connectivity index (χ0) is 11.5. The minimum absolute atomic E-state index is 0. The van der Waals surface area contributed by atoms with E-state index in [1.807, 2.05) is 0 Å². The Morgan fingerprint density at radius 2 is 1.50 bits per heavy atom. The van der Waals surface area contributed by atoms with Gasteiger partial charge in [0, 0.05) is 17.1 Å². The van der Waals surface area contributed by atoms with Crippen LogP contribution in [0.3, 0.4) is 0 Å². The van der Waals surface area contributed by atoms with Gasteiger partial charge in [0.2, 0.25) is 0 Å². The van der Waals surface area contributed by atoms with E-state index >= 15 is 0 Å². The Hall–Kier alpha value is 0.339. The monoisotopic (exact) mass is 295 g/mol. The first kappa shape index (κ1) is 18.7. The van der Waals surface area contributed by atoms with Crippen molar-refractivity contribution in [1.82, 2.24) is 0 Å². The second-order valence-corrected chi connectivity index (χ2v) is 4.74. The first-order chi connectivity index (χ1) is 7.18. The average molecular weight is 296 g/mol. The molecule has 0 spiro atoms. The van der Waals surface area contributed by atoms with Crippen molar-refractivity contribution in [2.45, 2.75) is 70.0 Å². The fourth-order valence-corrected chi connectivity index (χ4v) is 1.78. The molecule has 1 radical (unpaired) electrons. The van der Waals surface area contributed by atoms with Crippen LogP contribution in [-0.2, 0) is 21.9 Å². The van der Waals surface area contributed by atoms with Crippen LogP contribution >= 0.6 is 12.6 Å². The van der Waals surface area contributed by atoms with Crippen LogP contribution in [0.1, 0.15) is 64.7 Å². The number of thiol groups is 1. The van der Waals surface area contributed by atoms with Crippen molar-refractivity contribution in [3.8, 4) is 0 Å². The number of carboxylic acids is 1. The minimum atomic E-state index is -0.790. The maximum absolute atomic E-state index is 10.5. The second kappa shape index (κ2) is 13.4. The van der Waals surface area contributed by atoms with E-state index in [2.05, 4.69) is 19.6 Å². The van der Waals surface area contributed by atoms with E-state index in [1.54, 1.807) is 0 Å². The smallest absolute Gasteiger partial charge is 0.316 e. The average Bonchev–Trinajstić information content (AvgIpc) is 2.21. The van der Waals surface area contributed by atoms with Gasteiger partial charge in [-0.15, -0.1) is 0 Å². The first-order valence-electron chi connectivity index (χ1n) is 6.09. The van der Waals surface area contributed by atoms with Gasteiger partial charge in [-0.25, -0.2) is 0 Å². The van der Waals surface area contributed by atoms with Crippen LogP contribution in [0.4, 0.5) is 0 Å². The summed E-state index contributed by atoms with van der Waals surface area (Å²) in [4.78, 5) is 10.5. The molecule has 0 heterocycles. The maximum Gasteiger partial charge on any atom is 0.316 e. The summed E-state index contributed by atoms with van der Waals surface area (Å²) in [5, 5.41) is 8.14. The van der Waals surface area contributed by atoms with Gasteiger partial charge in [0.05, 0.1) is 5.25 Å². The molecule has 1 unspecified atom stereocenters. The van der Waals surface area contributed by atoms with Gasteiger partial charge < -0.3 is 5.11 Å². The van der Waals surface area contributed by atoms with Crippen LogP contribution < -0.4 is 0 Å². The number of unbranched alkanes of at least 4 members (excludes halogenated alkanes) is 7. The molecular weight excluding hydrogens is 272 g/mol. The van der Waals surface area contributed by atoms with Gasteiger partial charge in [0.1, 0.15) is 0 Å². The topological polar surface area (TPSA) is 37.3 Å². The Kier molecular flexibility index (Phi) is 15.7. The van der Waals surface area contributed by atoms with Gasteiger partial charge in [-0.1, -0.05) is 58.3 Å². The summed E-state index contributed by atoms with van der Waals surface area (Å²) in [6.45, 7) is 2.22. The zero-order valence-corrected chi connectivity index (χ0v) is 11.9. The summed E-state index contributed by atoms with van der Waals surface area (Å²) >= 11 is 4.00. The normalized spacial score (nSPS) is 11.9. The molecule has 0 aliphatic rings. The molecule has 0 amide bonds. The van der Waals surface area contributed by atoms with Gasteiger partial charge in [-0.05, 0) is 6.42 Å². The van der Waals surface area contributed by atoms with Crippen molar-refractivity contribution in [3.05, 3.63) is 0 Å². The van der Waals surface area contributed by atoms with Gasteiger partial charge >= 0.3 is 5.97 Å². The first-order valence-corrected chi connectivity index (χ1v) is 6.61. The van der Waals surface area contributed by atoms with E-state index in [0.717, 1.165) is 12.8 Å². The molecule has 101 valence electrons. The molecule has 0 saturated heterocycles. The molecule has 0 aliphatic heterocycles. The summed E-state index contributed by atoms with van der Waals surface area (Å²) in [5.41, 5.74) is 0. The molecule has 0 aromatic rings. The minimum Gasteiger partial charge on any atom is -0.480 e. The Morgan fingerprint density at radius 3 is 1.94 bits per heavy atom. The standard InChI is InChI=1S/C12H24O2S.Cu/c1-2-3-4-5-6-7-8-9-10-11(15)12(13)14;/h11,15H,2-10H2,1H3,(H,13,14);. The molecule has 0 saturated carbocycles. The molecule has 4 heteroatoms. The quantitative estimate of drug-likeness (QED) is 0.364. The van der Waals surface area contributed by atoms with Crippen molar-refractivity contribution in [3.63, 3.8) is 0 Å². The maximum atomic E-state index is 10.5. The van der Waals surface area contributed by atoms with Crippen LogP contribution in [-0.4, -0.2) is 16.3 Å². The summed E-state index contributed by atoms with van der Waals surface area (Å²) in [7, 11) is 0. The van der Waals surface area contributed by atoms with Crippen LogP contribution in [0.5, 0.6) is 0 Å². The third kappa shape index (κ3) is 12.4. The van der Waals surface area contributed by atoms with Crippen molar-refractivity contribution >= 4 is 18.6 Å². The van der Waals surface area contributed by atoms with Gasteiger partial charge in [0.25, 0.3) is 0 Å². The molecule has 0 aromatic heterocycles. The third-order valence-electron chi connectivity index (χ3n) is 2.62. The number of carboxylic acid groups (broad SMARTS) is 1. The van der Waals surface area contributed by atoms with Gasteiger partial charge in [-0.3, -0.25) is 4.79 Å². The number of carbonyl (C=O) groups is 1. The largest absolute Gasteiger partial charge is 0.480 e. The Bertz CT molecular complexity index is 165. The molecule has 16 heavy (non-hydrogen) atoms. The van der Waals surface area contributed by atoms with Gasteiger partial charge in [0.15, 0.2) is 0 Å². The molecule has 0 bridgehead atoms.